The van der Waals surface area contributed by atoms with Crippen LogP contribution in [0.1, 0.15) is 11.1 Å². The number of hydrogen-bond donors (Lipinski definition) is 1. The zero-order valence-corrected chi connectivity index (χ0v) is 14.7. The van der Waals surface area contributed by atoms with Gasteiger partial charge < -0.3 is 0 Å². The summed E-state index contributed by atoms with van der Waals surface area (Å²) in [5.41, 5.74) is 3.59. The molecule has 115 valence electrons. The summed E-state index contributed by atoms with van der Waals surface area (Å²) in [7, 11) is 1.96. The number of fused-ring (bicyclic) bond motifs is 1. The van der Waals surface area contributed by atoms with Crippen LogP contribution in [0.3, 0.4) is 0 Å². The Morgan fingerprint density at radius 2 is 1.86 bits per heavy atom. The van der Waals surface area contributed by atoms with Crippen molar-refractivity contribution in [2.45, 2.75) is 13.8 Å². The number of aromatic nitrogens is 2. The van der Waals surface area contributed by atoms with Crippen LogP contribution in [-0.4, -0.2) is 52.6 Å². The summed E-state index contributed by atoms with van der Waals surface area (Å²) in [6.07, 6.45) is 1.69. The molecule has 1 aliphatic rings. The number of anilines is 1. The number of hydrogen-bond acceptors (Lipinski definition) is 5. The van der Waals surface area contributed by atoms with Crippen molar-refractivity contribution >= 4 is 21.2 Å². The monoisotopic (exact) mass is 334 g/mol. The first-order chi connectivity index (χ1) is 10.6. The second-order valence-corrected chi connectivity index (χ2v) is 6.31. The van der Waals surface area contributed by atoms with Gasteiger partial charge in [-0.2, -0.15) is 0 Å². The van der Waals surface area contributed by atoms with Gasteiger partial charge in [-0.05, 0) is 0 Å². The van der Waals surface area contributed by atoms with E-state index in [1.54, 1.807) is 6.33 Å². The SMILES string of the molecule is CN[C](=[V])N1CCN(c2ncnc3c(C)c(C)ccc23)CC1. The molecular weight excluding hydrogens is 313 g/mol. The third kappa shape index (κ3) is 2.82. The molecule has 2 heterocycles. The van der Waals surface area contributed by atoms with E-state index in [0.717, 1.165) is 42.9 Å². The van der Waals surface area contributed by atoms with Gasteiger partial charge in [-0.25, -0.2) is 0 Å². The Morgan fingerprint density at radius 1 is 1.14 bits per heavy atom. The summed E-state index contributed by atoms with van der Waals surface area (Å²) in [5.74, 6) is 1.06. The Labute approximate surface area is 140 Å². The van der Waals surface area contributed by atoms with Crippen LogP contribution in [0.15, 0.2) is 18.5 Å². The van der Waals surface area contributed by atoms with Gasteiger partial charge in [0.15, 0.2) is 0 Å². The molecule has 0 saturated carbocycles. The molecule has 0 unspecified atom stereocenters. The van der Waals surface area contributed by atoms with E-state index in [1.165, 1.54) is 15.6 Å². The molecule has 1 saturated heterocycles. The predicted molar refractivity (Wildman–Crippen MR) is 86.9 cm³/mol. The van der Waals surface area contributed by atoms with Crippen LogP contribution in [0, 0.1) is 13.8 Å². The Hall–Kier alpha value is -1.27. The fraction of sp³-hybridized carbons (Fsp3) is 0.438. The van der Waals surface area contributed by atoms with E-state index >= 15 is 0 Å². The minimum atomic E-state index is 0.974. The molecule has 0 bridgehead atoms. The number of aryl methyl sites for hydroxylation is 2. The van der Waals surface area contributed by atoms with Crippen molar-refractivity contribution in [2.75, 3.05) is 38.1 Å². The van der Waals surface area contributed by atoms with Crippen LogP contribution >= 0.6 is 0 Å². The summed E-state index contributed by atoms with van der Waals surface area (Å²) in [5, 5.41) is 4.36. The van der Waals surface area contributed by atoms with Gasteiger partial charge in [-0.1, -0.05) is 0 Å². The average Bonchev–Trinajstić information content (AvgIpc) is 2.57. The summed E-state index contributed by atoms with van der Waals surface area (Å²) in [6.45, 7) is 8.21. The topological polar surface area (TPSA) is 44.3 Å². The number of piperazine rings is 1. The number of nitrogens with one attached hydrogen (secondary N) is 1. The molecule has 2 aromatic rings. The Kier molecular flexibility index (Phi) is 4.59. The van der Waals surface area contributed by atoms with Crippen LogP contribution in [0.5, 0.6) is 0 Å². The zero-order valence-electron chi connectivity index (χ0n) is 13.3. The van der Waals surface area contributed by atoms with E-state index in [1.807, 2.05) is 7.05 Å². The van der Waals surface area contributed by atoms with Crippen molar-refractivity contribution in [2.24, 2.45) is 0 Å². The van der Waals surface area contributed by atoms with Crippen LogP contribution in [0.2, 0.25) is 0 Å². The van der Waals surface area contributed by atoms with Crippen molar-refractivity contribution in [3.05, 3.63) is 29.6 Å². The fourth-order valence-corrected chi connectivity index (χ4v) is 3.21. The molecule has 1 fully saturated rings. The normalized spacial score (nSPS) is 16.2. The number of benzene rings is 1. The molecule has 6 heteroatoms. The maximum absolute atomic E-state index is 4.56. The quantitative estimate of drug-likeness (QED) is 0.915. The molecular formula is C16H21N5V. The zero-order chi connectivity index (χ0) is 15.7. The van der Waals surface area contributed by atoms with Gasteiger partial charge in [0.2, 0.25) is 0 Å². The standard InChI is InChI=1S/C16H21N5.V/c1-12-4-5-14-15(13(12)2)18-10-19-16(14)21-8-6-20(7-9-21)11-17-3;/h4-5,10,17H,6-9H2,1-3H3;. The van der Waals surface area contributed by atoms with Gasteiger partial charge in [0.05, 0.1) is 0 Å². The first-order valence-electron chi connectivity index (χ1n) is 7.56. The van der Waals surface area contributed by atoms with Gasteiger partial charge in [0.1, 0.15) is 0 Å². The second-order valence-electron chi connectivity index (χ2n) is 5.65. The van der Waals surface area contributed by atoms with Crippen molar-refractivity contribution in [1.29, 1.82) is 0 Å². The molecule has 1 aromatic heterocycles. The molecule has 0 amide bonds. The molecule has 1 aromatic carbocycles. The summed E-state index contributed by atoms with van der Waals surface area (Å²) in [4.78, 5) is 13.8. The molecule has 0 atom stereocenters. The summed E-state index contributed by atoms with van der Waals surface area (Å²) < 4.78 is 1.17. The van der Waals surface area contributed by atoms with E-state index < -0.39 is 0 Å². The molecule has 0 radical (unpaired) electrons. The number of nitrogens with zero attached hydrogens (tertiary/aromatic N) is 4. The van der Waals surface area contributed by atoms with E-state index in [-0.39, 0.29) is 0 Å². The van der Waals surface area contributed by atoms with E-state index in [4.69, 9.17) is 0 Å². The Balaban J connectivity index is 1.89. The predicted octanol–water partition coefficient (Wildman–Crippen LogP) is 1.22. The first-order valence-corrected chi connectivity index (χ1v) is 8.26. The number of rotatable bonds is 3. The fourth-order valence-electron chi connectivity index (χ4n) is 2.90. The Morgan fingerprint density at radius 3 is 2.55 bits per heavy atom. The first kappa shape index (κ1) is 15.6. The molecule has 0 spiro atoms. The van der Waals surface area contributed by atoms with Gasteiger partial charge in [0, 0.05) is 0 Å². The molecule has 5 nitrogen and oxygen atoms in total. The summed E-state index contributed by atoms with van der Waals surface area (Å²) >= 11 is 2.60. The second kappa shape index (κ2) is 6.46. The van der Waals surface area contributed by atoms with E-state index in [2.05, 4.69) is 68.0 Å². The minimum absolute atomic E-state index is 0.974. The molecule has 1 aliphatic heterocycles. The van der Waals surface area contributed by atoms with E-state index in [0.29, 0.717) is 0 Å². The average molecular weight is 334 g/mol. The third-order valence-corrected chi connectivity index (χ3v) is 5.20. The summed E-state index contributed by atoms with van der Waals surface area (Å²) in [6, 6.07) is 4.32. The van der Waals surface area contributed by atoms with Gasteiger partial charge in [-0.3, -0.25) is 0 Å². The maximum atomic E-state index is 4.56. The molecule has 3 rings (SSSR count). The van der Waals surface area contributed by atoms with Crippen LogP contribution in [0.4, 0.5) is 5.82 Å². The molecule has 22 heavy (non-hydrogen) atoms. The van der Waals surface area contributed by atoms with Gasteiger partial charge >= 0.3 is 140 Å². The van der Waals surface area contributed by atoms with Crippen LogP contribution < -0.4 is 10.2 Å². The van der Waals surface area contributed by atoms with Crippen LogP contribution in [0.25, 0.3) is 10.9 Å². The molecule has 1 N–H and O–H groups in total. The van der Waals surface area contributed by atoms with Crippen molar-refractivity contribution in [1.82, 2.24) is 20.2 Å². The van der Waals surface area contributed by atoms with Crippen molar-refractivity contribution < 1.29 is 17.0 Å². The Bertz CT molecular complexity index is 707. The van der Waals surface area contributed by atoms with Gasteiger partial charge in [-0.15, -0.1) is 0 Å². The van der Waals surface area contributed by atoms with Crippen LogP contribution in [-0.2, 0) is 17.0 Å². The van der Waals surface area contributed by atoms with E-state index in [9.17, 15) is 0 Å². The third-order valence-electron chi connectivity index (χ3n) is 4.41. The van der Waals surface area contributed by atoms with Gasteiger partial charge in [0.25, 0.3) is 0 Å². The van der Waals surface area contributed by atoms with Crippen molar-refractivity contribution in [3.63, 3.8) is 0 Å². The van der Waals surface area contributed by atoms with Crippen molar-refractivity contribution in [3.8, 4) is 0 Å². The molecule has 0 aliphatic carbocycles.